The first-order valence-electron chi connectivity index (χ1n) is 6.34. The number of ether oxygens (including phenoxy) is 2. The van der Waals surface area contributed by atoms with Crippen LogP contribution >= 0.6 is 0 Å². The standard InChI is InChI=1S/C13H19N3O3/c1-3-19-10-7-9(14)11(10)16-12-8(13(17)18-2)5-4-6-15-12/h4-6,9-11H,3,7,14H2,1-2H3,(H,15,16). The van der Waals surface area contributed by atoms with Crippen LogP contribution in [-0.4, -0.2) is 42.9 Å². The van der Waals surface area contributed by atoms with E-state index in [1.165, 1.54) is 7.11 Å². The van der Waals surface area contributed by atoms with Crippen LogP contribution in [0.4, 0.5) is 5.82 Å². The van der Waals surface area contributed by atoms with Gasteiger partial charge in [-0.3, -0.25) is 0 Å². The molecule has 1 aliphatic carbocycles. The van der Waals surface area contributed by atoms with Crippen molar-refractivity contribution in [3.05, 3.63) is 23.9 Å². The van der Waals surface area contributed by atoms with Crippen molar-refractivity contribution in [1.82, 2.24) is 4.98 Å². The van der Waals surface area contributed by atoms with Crippen molar-refractivity contribution in [2.45, 2.75) is 31.5 Å². The number of carbonyl (C=O) groups excluding carboxylic acids is 1. The summed E-state index contributed by atoms with van der Waals surface area (Å²) in [6.07, 6.45) is 2.49. The smallest absolute Gasteiger partial charge is 0.341 e. The molecule has 19 heavy (non-hydrogen) atoms. The number of esters is 1. The molecule has 3 N–H and O–H groups in total. The largest absolute Gasteiger partial charge is 0.465 e. The van der Waals surface area contributed by atoms with E-state index in [0.29, 0.717) is 18.0 Å². The molecular weight excluding hydrogens is 246 g/mol. The minimum Gasteiger partial charge on any atom is -0.465 e. The number of anilines is 1. The summed E-state index contributed by atoms with van der Waals surface area (Å²) in [5.74, 6) is 0.0654. The summed E-state index contributed by atoms with van der Waals surface area (Å²) >= 11 is 0. The fourth-order valence-corrected chi connectivity index (χ4v) is 2.18. The summed E-state index contributed by atoms with van der Waals surface area (Å²) in [6, 6.07) is 3.33. The fourth-order valence-electron chi connectivity index (χ4n) is 2.18. The molecule has 1 aliphatic rings. The zero-order valence-electron chi connectivity index (χ0n) is 11.1. The SMILES string of the molecule is CCOC1CC(N)C1Nc1ncccc1C(=O)OC. The Morgan fingerprint density at radius 1 is 1.63 bits per heavy atom. The molecule has 104 valence electrons. The van der Waals surface area contributed by atoms with Crippen LogP contribution in [0.5, 0.6) is 0 Å². The molecule has 0 aromatic carbocycles. The van der Waals surface area contributed by atoms with Gasteiger partial charge in [0.15, 0.2) is 0 Å². The molecule has 0 saturated heterocycles. The average Bonchev–Trinajstić information content (AvgIpc) is 2.44. The van der Waals surface area contributed by atoms with Gasteiger partial charge >= 0.3 is 5.97 Å². The van der Waals surface area contributed by atoms with Crippen LogP contribution in [0, 0.1) is 0 Å². The molecule has 2 rings (SSSR count). The third kappa shape index (κ3) is 2.85. The van der Waals surface area contributed by atoms with E-state index >= 15 is 0 Å². The van der Waals surface area contributed by atoms with Crippen molar-refractivity contribution in [2.75, 3.05) is 19.0 Å². The lowest BCUT2D eigenvalue weighted by Gasteiger charge is -2.42. The molecule has 1 fully saturated rings. The van der Waals surface area contributed by atoms with Gasteiger partial charge in [-0.15, -0.1) is 0 Å². The third-order valence-electron chi connectivity index (χ3n) is 3.26. The van der Waals surface area contributed by atoms with Gasteiger partial charge in [-0.2, -0.15) is 0 Å². The topological polar surface area (TPSA) is 86.5 Å². The van der Waals surface area contributed by atoms with Crippen molar-refractivity contribution in [1.29, 1.82) is 0 Å². The second kappa shape index (κ2) is 5.99. The van der Waals surface area contributed by atoms with Crippen LogP contribution in [-0.2, 0) is 9.47 Å². The molecule has 0 spiro atoms. The van der Waals surface area contributed by atoms with E-state index in [9.17, 15) is 4.79 Å². The molecule has 0 bridgehead atoms. The van der Waals surface area contributed by atoms with Crippen LogP contribution in [0.15, 0.2) is 18.3 Å². The molecule has 3 unspecified atom stereocenters. The van der Waals surface area contributed by atoms with Gasteiger partial charge < -0.3 is 20.5 Å². The lowest BCUT2D eigenvalue weighted by atomic mass is 9.83. The summed E-state index contributed by atoms with van der Waals surface area (Å²) in [5, 5.41) is 3.18. The van der Waals surface area contributed by atoms with E-state index < -0.39 is 5.97 Å². The highest BCUT2D eigenvalue weighted by molar-refractivity contribution is 5.94. The maximum atomic E-state index is 11.6. The Bertz CT molecular complexity index is 451. The van der Waals surface area contributed by atoms with Crippen LogP contribution < -0.4 is 11.1 Å². The monoisotopic (exact) mass is 265 g/mol. The van der Waals surface area contributed by atoms with Crippen LogP contribution in [0.2, 0.25) is 0 Å². The van der Waals surface area contributed by atoms with Gasteiger partial charge in [-0.25, -0.2) is 9.78 Å². The number of hydrogen-bond acceptors (Lipinski definition) is 6. The fraction of sp³-hybridized carbons (Fsp3) is 0.538. The number of carbonyl (C=O) groups is 1. The molecular formula is C13H19N3O3. The first-order chi connectivity index (χ1) is 9.17. The van der Waals surface area contributed by atoms with Crippen molar-refractivity contribution in [3.63, 3.8) is 0 Å². The minimum absolute atomic E-state index is 0.00375. The molecule has 0 amide bonds. The minimum atomic E-state index is -0.420. The number of nitrogens with two attached hydrogens (primary N) is 1. The van der Waals surface area contributed by atoms with Crippen LogP contribution in [0.1, 0.15) is 23.7 Å². The summed E-state index contributed by atoms with van der Waals surface area (Å²) in [5.41, 5.74) is 6.37. The molecule has 3 atom stereocenters. The lowest BCUT2D eigenvalue weighted by molar-refractivity contribution is -0.0127. The first kappa shape index (κ1) is 13.8. The predicted octanol–water partition coefficient (Wildman–Crippen LogP) is 0.785. The van der Waals surface area contributed by atoms with Gasteiger partial charge in [0.25, 0.3) is 0 Å². The van der Waals surface area contributed by atoms with Gasteiger partial charge in [-0.05, 0) is 25.5 Å². The number of pyridine rings is 1. The van der Waals surface area contributed by atoms with Crippen LogP contribution in [0.25, 0.3) is 0 Å². The van der Waals surface area contributed by atoms with Crippen LogP contribution in [0.3, 0.4) is 0 Å². The second-order valence-corrected chi connectivity index (χ2v) is 4.45. The molecule has 6 heteroatoms. The van der Waals surface area contributed by atoms with Gasteiger partial charge in [0, 0.05) is 18.8 Å². The van der Waals surface area contributed by atoms with Crippen molar-refractivity contribution in [2.24, 2.45) is 5.73 Å². The Labute approximate surface area is 112 Å². The number of methoxy groups -OCH3 is 1. The Morgan fingerprint density at radius 3 is 3.05 bits per heavy atom. The number of rotatable bonds is 5. The molecule has 1 saturated carbocycles. The highest BCUT2D eigenvalue weighted by Gasteiger charge is 2.40. The highest BCUT2D eigenvalue weighted by atomic mass is 16.5. The van der Waals surface area contributed by atoms with Gasteiger partial charge in [-0.1, -0.05) is 0 Å². The Balaban J connectivity index is 2.12. The Kier molecular flexibility index (Phi) is 4.34. The van der Waals surface area contributed by atoms with Gasteiger partial charge in [0.2, 0.25) is 0 Å². The van der Waals surface area contributed by atoms with E-state index in [4.69, 9.17) is 15.2 Å². The average molecular weight is 265 g/mol. The summed E-state index contributed by atoms with van der Waals surface area (Å²) in [7, 11) is 1.34. The summed E-state index contributed by atoms with van der Waals surface area (Å²) in [6.45, 7) is 2.59. The molecule has 1 heterocycles. The summed E-state index contributed by atoms with van der Waals surface area (Å²) in [4.78, 5) is 15.8. The predicted molar refractivity (Wildman–Crippen MR) is 71.0 cm³/mol. The van der Waals surface area contributed by atoms with E-state index in [1.54, 1.807) is 18.3 Å². The third-order valence-corrected chi connectivity index (χ3v) is 3.26. The van der Waals surface area contributed by atoms with Gasteiger partial charge in [0.1, 0.15) is 11.4 Å². The number of hydrogen-bond donors (Lipinski definition) is 2. The van der Waals surface area contributed by atoms with E-state index in [2.05, 4.69) is 10.3 Å². The normalized spacial score (nSPS) is 25.5. The maximum absolute atomic E-state index is 11.6. The molecule has 0 radical (unpaired) electrons. The zero-order chi connectivity index (χ0) is 13.8. The molecule has 1 aromatic heterocycles. The first-order valence-corrected chi connectivity index (χ1v) is 6.34. The number of nitrogens with zero attached hydrogens (tertiary/aromatic N) is 1. The number of nitrogens with one attached hydrogen (secondary N) is 1. The lowest BCUT2D eigenvalue weighted by Crippen LogP contribution is -2.60. The molecule has 6 nitrogen and oxygen atoms in total. The van der Waals surface area contributed by atoms with Crippen molar-refractivity contribution >= 4 is 11.8 Å². The second-order valence-electron chi connectivity index (χ2n) is 4.45. The van der Waals surface area contributed by atoms with E-state index in [1.807, 2.05) is 6.92 Å². The van der Waals surface area contributed by atoms with E-state index in [-0.39, 0.29) is 18.2 Å². The Morgan fingerprint density at radius 2 is 2.42 bits per heavy atom. The zero-order valence-corrected chi connectivity index (χ0v) is 11.1. The molecule has 1 aromatic rings. The summed E-state index contributed by atoms with van der Waals surface area (Å²) < 4.78 is 10.3. The van der Waals surface area contributed by atoms with Crippen molar-refractivity contribution < 1.29 is 14.3 Å². The Hall–Kier alpha value is -1.66. The number of aromatic nitrogens is 1. The quantitative estimate of drug-likeness (QED) is 0.765. The maximum Gasteiger partial charge on any atom is 0.341 e. The van der Waals surface area contributed by atoms with E-state index in [0.717, 1.165) is 6.42 Å². The van der Waals surface area contributed by atoms with Gasteiger partial charge in [0.05, 0.1) is 19.3 Å². The highest BCUT2D eigenvalue weighted by Crippen LogP contribution is 2.27. The molecule has 0 aliphatic heterocycles. The van der Waals surface area contributed by atoms with Crippen molar-refractivity contribution in [3.8, 4) is 0 Å².